The van der Waals surface area contributed by atoms with Gasteiger partial charge in [-0.05, 0) is 36.5 Å². The molecule has 1 aromatic carbocycles. The van der Waals surface area contributed by atoms with Crippen molar-refractivity contribution in [1.29, 1.82) is 0 Å². The summed E-state index contributed by atoms with van der Waals surface area (Å²) < 4.78 is 5.21. The van der Waals surface area contributed by atoms with Crippen LogP contribution in [-0.2, 0) is 4.79 Å². The Hall–Kier alpha value is -1.16. The molecule has 1 heterocycles. The van der Waals surface area contributed by atoms with Crippen molar-refractivity contribution in [1.82, 2.24) is 0 Å². The molecule has 17 heavy (non-hydrogen) atoms. The number of amides is 1. The topological polar surface area (TPSA) is 38.3 Å². The fourth-order valence-corrected chi connectivity index (χ4v) is 3.05. The molecule has 1 aliphatic rings. The zero-order chi connectivity index (χ0) is 12.1. The summed E-state index contributed by atoms with van der Waals surface area (Å²) in [6.07, 6.45) is 1.96. The average Bonchev–Trinajstić information content (AvgIpc) is 2.40. The van der Waals surface area contributed by atoms with E-state index < -0.39 is 0 Å². The SMILES string of the molecule is COc1ccccc1NC(=O)C1CCSCC1. The first-order valence-corrected chi connectivity index (χ1v) is 6.98. The van der Waals surface area contributed by atoms with Crippen molar-refractivity contribution in [3.63, 3.8) is 0 Å². The highest BCUT2D eigenvalue weighted by molar-refractivity contribution is 7.99. The number of anilines is 1. The molecule has 1 amide bonds. The Morgan fingerprint density at radius 1 is 1.35 bits per heavy atom. The van der Waals surface area contributed by atoms with Gasteiger partial charge in [0.1, 0.15) is 5.75 Å². The van der Waals surface area contributed by atoms with Crippen LogP contribution in [-0.4, -0.2) is 24.5 Å². The number of nitrogens with one attached hydrogen (secondary N) is 1. The van der Waals surface area contributed by atoms with E-state index in [0.29, 0.717) is 5.75 Å². The summed E-state index contributed by atoms with van der Waals surface area (Å²) >= 11 is 1.93. The van der Waals surface area contributed by atoms with Gasteiger partial charge in [-0.1, -0.05) is 12.1 Å². The summed E-state index contributed by atoms with van der Waals surface area (Å²) in [7, 11) is 1.61. The van der Waals surface area contributed by atoms with E-state index >= 15 is 0 Å². The Labute approximate surface area is 106 Å². The van der Waals surface area contributed by atoms with Gasteiger partial charge in [0.25, 0.3) is 0 Å². The predicted molar refractivity (Wildman–Crippen MR) is 71.7 cm³/mol. The van der Waals surface area contributed by atoms with Crippen molar-refractivity contribution in [2.45, 2.75) is 12.8 Å². The molecule has 1 aliphatic heterocycles. The van der Waals surface area contributed by atoms with E-state index in [2.05, 4.69) is 5.32 Å². The number of thioether (sulfide) groups is 1. The fraction of sp³-hybridized carbons (Fsp3) is 0.462. The molecule has 0 unspecified atom stereocenters. The lowest BCUT2D eigenvalue weighted by atomic mass is 10.0. The highest BCUT2D eigenvalue weighted by Crippen LogP contribution is 2.27. The van der Waals surface area contributed by atoms with Gasteiger partial charge in [-0.15, -0.1) is 0 Å². The first-order chi connectivity index (χ1) is 8.31. The lowest BCUT2D eigenvalue weighted by molar-refractivity contribution is -0.120. The fourth-order valence-electron chi connectivity index (χ4n) is 1.94. The Morgan fingerprint density at radius 2 is 2.06 bits per heavy atom. The molecule has 0 saturated carbocycles. The van der Waals surface area contributed by atoms with E-state index in [4.69, 9.17) is 4.74 Å². The van der Waals surface area contributed by atoms with Gasteiger partial charge in [0.05, 0.1) is 12.8 Å². The third-order valence-corrected chi connectivity index (χ3v) is 4.01. The number of carbonyl (C=O) groups is 1. The van der Waals surface area contributed by atoms with Gasteiger partial charge in [0, 0.05) is 5.92 Å². The number of benzene rings is 1. The zero-order valence-electron chi connectivity index (χ0n) is 9.94. The number of hydrogen-bond donors (Lipinski definition) is 1. The zero-order valence-corrected chi connectivity index (χ0v) is 10.8. The van der Waals surface area contributed by atoms with E-state index in [-0.39, 0.29) is 11.8 Å². The van der Waals surface area contributed by atoms with E-state index in [1.165, 1.54) is 0 Å². The summed E-state index contributed by atoms with van der Waals surface area (Å²) in [4.78, 5) is 12.1. The minimum atomic E-state index is 0.120. The molecule has 0 radical (unpaired) electrons. The Bertz CT molecular complexity index is 389. The van der Waals surface area contributed by atoms with Crippen LogP contribution >= 0.6 is 11.8 Å². The van der Waals surface area contributed by atoms with Crippen molar-refractivity contribution in [2.24, 2.45) is 5.92 Å². The molecule has 1 fully saturated rings. The van der Waals surface area contributed by atoms with Gasteiger partial charge in [-0.25, -0.2) is 0 Å². The summed E-state index contributed by atoms with van der Waals surface area (Å²) in [5.74, 6) is 3.16. The van der Waals surface area contributed by atoms with Gasteiger partial charge in [0.15, 0.2) is 0 Å². The molecule has 2 rings (SSSR count). The number of hydrogen-bond acceptors (Lipinski definition) is 3. The van der Waals surface area contributed by atoms with Crippen molar-refractivity contribution < 1.29 is 9.53 Å². The van der Waals surface area contributed by atoms with Crippen LogP contribution in [0.5, 0.6) is 5.75 Å². The molecule has 4 heteroatoms. The van der Waals surface area contributed by atoms with E-state index in [1.54, 1.807) is 7.11 Å². The quantitative estimate of drug-likeness (QED) is 0.897. The highest BCUT2D eigenvalue weighted by Gasteiger charge is 2.21. The Balaban J connectivity index is 2.01. The molecule has 0 aliphatic carbocycles. The van der Waals surface area contributed by atoms with Gasteiger partial charge >= 0.3 is 0 Å². The second kappa shape index (κ2) is 5.96. The number of ether oxygens (including phenoxy) is 1. The second-order valence-electron chi connectivity index (χ2n) is 4.08. The molecular formula is C13H17NO2S. The summed E-state index contributed by atoms with van der Waals surface area (Å²) in [5.41, 5.74) is 0.762. The Kier molecular flexibility index (Phi) is 4.31. The first-order valence-electron chi connectivity index (χ1n) is 5.83. The third kappa shape index (κ3) is 3.16. The minimum absolute atomic E-state index is 0.120. The molecule has 0 atom stereocenters. The van der Waals surface area contributed by atoms with E-state index in [0.717, 1.165) is 30.0 Å². The second-order valence-corrected chi connectivity index (χ2v) is 5.30. The van der Waals surface area contributed by atoms with Gasteiger partial charge in [-0.3, -0.25) is 4.79 Å². The van der Waals surface area contributed by atoms with Gasteiger partial charge in [0.2, 0.25) is 5.91 Å². The molecule has 1 saturated heterocycles. The number of para-hydroxylation sites is 2. The molecule has 0 aromatic heterocycles. The molecule has 1 N–H and O–H groups in total. The van der Waals surface area contributed by atoms with Crippen LogP contribution in [0.2, 0.25) is 0 Å². The van der Waals surface area contributed by atoms with Crippen molar-refractivity contribution in [3.05, 3.63) is 24.3 Å². The lowest BCUT2D eigenvalue weighted by Crippen LogP contribution is -2.26. The van der Waals surface area contributed by atoms with Gasteiger partial charge in [-0.2, -0.15) is 11.8 Å². The largest absolute Gasteiger partial charge is 0.495 e. The standard InChI is InChI=1S/C13H17NO2S/c1-16-12-5-3-2-4-11(12)14-13(15)10-6-8-17-9-7-10/h2-5,10H,6-9H2,1H3,(H,14,15). The maximum absolute atomic E-state index is 12.1. The van der Waals surface area contributed by atoms with Crippen LogP contribution in [0.3, 0.4) is 0 Å². The van der Waals surface area contributed by atoms with E-state index in [9.17, 15) is 4.79 Å². The van der Waals surface area contributed by atoms with E-state index in [1.807, 2.05) is 36.0 Å². The van der Waals surface area contributed by atoms with Gasteiger partial charge < -0.3 is 10.1 Å². The molecule has 3 nitrogen and oxygen atoms in total. The smallest absolute Gasteiger partial charge is 0.227 e. The number of rotatable bonds is 3. The first kappa shape index (κ1) is 12.3. The van der Waals surface area contributed by atoms with Crippen LogP contribution < -0.4 is 10.1 Å². The van der Waals surface area contributed by atoms with Crippen LogP contribution in [0.4, 0.5) is 5.69 Å². The molecule has 92 valence electrons. The number of carbonyl (C=O) groups excluding carboxylic acids is 1. The van der Waals surface area contributed by atoms with Crippen molar-refractivity contribution in [3.8, 4) is 5.75 Å². The molecule has 1 aromatic rings. The maximum atomic E-state index is 12.1. The summed E-state index contributed by atoms with van der Waals surface area (Å²) in [6.45, 7) is 0. The average molecular weight is 251 g/mol. The summed E-state index contributed by atoms with van der Waals surface area (Å²) in [6, 6.07) is 7.52. The molecular weight excluding hydrogens is 234 g/mol. The Morgan fingerprint density at radius 3 is 2.76 bits per heavy atom. The maximum Gasteiger partial charge on any atom is 0.227 e. The van der Waals surface area contributed by atoms with Crippen LogP contribution in [0, 0.1) is 5.92 Å². The molecule has 0 bridgehead atoms. The monoisotopic (exact) mass is 251 g/mol. The summed E-state index contributed by atoms with van der Waals surface area (Å²) in [5, 5.41) is 2.96. The molecule has 0 spiro atoms. The van der Waals surface area contributed by atoms with Crippen molar-refractivity contribution in [2.75, 3.05) is 23.9 Å². The van der Waals surface area contributed by atoms with Crippen LogP contribution in [0.25, 0.3) is 0 Å². The minimum Gasteiger partial charge on any atom is -0.495 e. The normalized spacial score (nSPS) is 16.5. The van der Waals surface area contributed by atoms with Crippen molar-refractivity contribution >= 4 is 23.4 Å². The van der Waals surface area contributed by atoms with Crippen LogP contribution in [0.1, 0.15) is 12.8 Å². The number of methoxy groups -OCH3 is 1. The predicted octanol–water partition coefficient (Wildman–Crippen LogP) is 2.78. The third-order valence-electron chi connectivity index (χ3n) is 2.96. The van der Waals surface area contributed by atoms with Crippen LogP contribution in [0.15, 0.2) is 24.3 Å². The lowest BCUT2D eigenvalue weighted by Gasteiger charge is -2.21. The highest BCUT2D eigenvalue weighted by atomic mass is 32.2.